The maximum atomic E-state index is 13.6. The molecule has 0 atom stereocenters. The van der Waals surface area contributed by atoms with E-state index < -0.39 is 21.9 Å². The van der Waals surface area contributed by atoms with Gasteiger partial charge in [0.25, 0.3) is 10.0 Å². The Morgan fingerprint density at radius 1 is 1.07 bits per heavy atom. The minimum absolute atomic E-state index is 0.145. The monoisotopic (exact) mass is 430 g/mol. The third-order valence-corrected chi connectivity index (χ3v) is 6.34. The molecule has 1 aliphatic heterocycles. The number of nitrogens with zero attached hydrogens (tertiary/aromatic N) is 1. The van der Waals surface area contributed by atoms with Crippen LogP contribution in [0.1, 0.15) is 36.8 Å². The molecule has 5 nitrogen and oxygen atoms in total. The normalized spacial score (nSPS) is 15.4. The summed E-state index contributed by atoms with van der Waals surface area (Å²) in [7, 11) is -3.99. The zero-order valence-corrected chi connectivity index (χ0v) is 17.7. The second kappa shape index (κ2) is 10.4. The van der Waals surface area contributed by atoms with Crippen molar-refractivity contribution in [3.8, 4) is 0 Å². The van der Waals surface area contributed by atoms with Crippen molar-refractivity contribution in [2.75, 3.05) is 13.1 Å². The van der Waals surface area contributed by atoms with Crippen molar-refractivity contribution in [2.45, 2.75) is 32.1 Å². The first-order chi connectivity index (χ1) is 14.4. The van der Waals surface area contributed by atoms with E-state index in [2.05, 4.69) is 12.1 Å². The van der Waals surface area contributed by atoms with E-state index in [-0.39, 0.29) is 5.56 Å². The number of aryl methyl sites for hydroxylation is 1. The molecule has 0 saturated carbocycles. The van der Waals surface area contributed by atoms with Gasteiger partial charge in [-0.05, 0) is 55.7 Å². The number of urea groups is 1. The van der Waals surface area contributed by atoms with Crippen LogP contribution >= 0.6 is 0 Å². The van der Waals surface area contributed by atoms with Crippen LogP contribution in [0.3, 0.4) is 0 Å². The first-order valence-electron chi connectivity index (χ1n) is 10.2. The second-order valence-electron chi connectivity index (χ2n) is 7.58. The van der Waals surface area contributed by atoms with Crippen molar-refractivity contribution < 1.29 is 17.6 Å². The average molecular weight is 431 g/mol. The molecule has 2 aromatic carbocycles. The van der Waals surface area contributed by atoms with Gasteiger partial charge in [-0.15, -0.1) is 0 Å². The van der Waals surface area contributed by atoms with Crippen LogP contribution in [0.15, 0.2) is 60.0 Å². The first kappa shape index (κ1) is 22.0. The lowest BCUT2D eigenvalue weighted by atomic mass is 9.91. The average Bonchev–Trinajstić information content (AvgIpc) is 2.74. The summed E-state index contributed by atoms with van der Waals surface area (Å²) in [6.45, 7) is 1.07. The molecular formula is C23H27FN2O3S. The summed E-state index contributed by atoms with van der Waals surface area (Å²) in [6.07, 6.45) is 6.14. The lowest BCUT2D eigenvalue weighted by Crippen LogP contribution is -2.45. The highest BCUT2D eigenvalue weighted by molar-refractivity contribution is 7.93. The Morgan fingerprint density at radius 2 is 1.73 bits per heavy atom. The number of carbonyl (C=O) groups excluding carboxylic acids is 1. The van der Waals surface area contributed by atoms with Crippen LogP contribution in [0.4, 0.5) is 9.18 Å². The highest BCUT2D eigenvalue weighted by atomic mass is 32.2. The van der Waals surface area contributed by atoms with E-state index in [0.717, 1.165) is 43.6 Å². The number of nitrogens with one attached hydrogen (secondary N) is 1. The largest absolute Gasteiger partial charge is 0.331 e. The molecule has 1 aliphatic rings. The number of halogens is 1. The molecule has 3 rings (SSSR count). The predicted octanol–water partition coefficient (Wildman–Crippen LogP) is 4.57. The van der Waals surface area contributed by atoms with Gasteiger partial charge in [-0.2, -0.15) is 0 Å². The highest BCUT2D eigenvalue weighted by Gasteiger charge is 2.24. The van der Waals surface area contributed by atoms with Gasteiger partial charge in [0.05, 0.1) is 5.41 Å². The molecular weight excluding hydrogens is 403 g/mol. The molecule has 0 aromatic heterocycles. The molecule has 0 unspecified atom stereocenters. The predicted molar refractivity (Wildman–Crippen MR) is 117 cm³/mol. The van der Waals surface area contributed by atoms with Gasteiger partial charge in [0.15, 0.2) is 0 Å². The molecule has 1 heterocycles. The lowest BCUT2D eigenvalue weighted by molar-refractivity contribution is 0.172. The Hall–Kier alpha value is -2.67. The van der Waals surface area contributed by atoms with Crippen LogP contribution in [0.2, 0.25) is 0 Å². The molecule has 2 aromatic rings. The number of hydrogen-bond donors (Lipinski definition) is 1. The fourth-order valence-corrected chi connectivity index (χ4v) is 4.42. The van der Waals surface area contributed by atoms with E-state index in [1.807, 2.05) is 22.9 Å². The maximum absolute atomic E-state index is 13.6. The minimum Gasteiger partial charge on any atom is -0.324 e. The van der Waals surface area contributed by atoms with Crippen LogP contribution in [0.25, 0.3) is 6.08 Å². The number of likely N-dealkylation sites (tertiary alicyclic amines) is 1. The molecule has 0 aliphatic carbocycles. The molecule has 0 bridgehead atoms. The van der Waals surface area contributed by atoms with Crippen molar-refractivity contribution >= 4 is 22.1 Å². The fraction of sp³-hybridized carbons (Fsp3) is 0.348. The Balaban J connectivity index is 1.42. The standard InChI is InChI=1S/C23H27FN2O3S/c24-22-12-5-4-11-21(22)15-18-30(28,29)25-23(27)26-16-13-20(14-17-26)10-6-9-19-7-2-1-3-8-19/h1-5,7-8,11-12,15,18,20H,6,9-10,13-14,16-17H2,(H,25,27). The minimum atomic E-state index is -3.99. The second-order valence-corrected chi connectivity index (χ2v) is 9.15. The molecule has 1 N–H and O–H groups in total. The Kier molecular flexibility index (Phi) is 7.63. The number of rotatable bonds is 7. The van der Waals surface area contributed by atoms with Gasteiger partial charge in [-0.25, -0.2) is 22.3 Å². The van der Waals surface area contributed by atoms with Crippen molar-refractivity contribution in [2.24, 2.45) is 5.92 Å². The molecule has 0 radical (unpaired) electrons. The van der Waals surface area contributed by atoms with Crippen LogP contribution in [-0.2, 0) is 16.4 Å². The van der Waals surface area contributed by atoms with E-state index in [0.29, 0.717) is 19.0 Å². The molecule has 160 valence electrons. The van der Waals surface area contributed by atoms with Crippen molar-refractivity contribution in [1.82, 2.24) is 9.62 Å². The Labute approximate surface area is 177 Å². The van der Waals surface area contributed by atoms with Gasteiger partial charge in [0, 0.05) is 18.7 Å². The number of sulfonamides is 1. The van der Waals surface area contributed by atoms with Crippen LogP contribution in [0, 0.1) is 11.7 Å². The van der Waals surface area contributed by atoms with Gasteiger partial charge in [0.1, 0.15) is 5.82 Å². The SMILES string of the molecule is O=C(NS(=O)(=O)C=Cc1ccccc1F)N1CCC(CCCc2ccccc2)CC1. The zero-order valence-electron chi connectivity index (χ0n) is 16.8. The summed E-state index contributed by atoms with van der Waals surface area (Å²) < 4.78 is 39.9. The first-order valence-corrected chi connectivity index (χ1v) is 11.8. The van der Waals surface area contributed by atoms with Crippen molar-refractivity contribution in [3.63, 3.8) is 0 Å². The van der Waals surface area contributed by atoms with Gasteiger partial charge in [-0.3, -0.25) is 0 Å². The van der Waals surface area contributed by atoms with E-state index in [4.69, 9.17) is 0 Å². The third kappa shape index (κ3) is 6.69. The van der Waals surface area contributed by atoms with Crippen LogP contribution in [-0.4, -0.2) is 32.4 Å². The zero-order chi connectivity index (χ0) is 21.4. The summed E-state index contributed by atoms with van der Waals surface area (Å²) in [5, 5.41) is 0.819. The summed E-state index contributed by atoms with van der Waals surface area (Å²) in [4.78, 5) is 13.9. The number of amides is 2. The molecule has 1 fully saturated rings. The summed E-state index contributed by atoms with van der Waals surface area (Å²) in [5.41, 5.74) is 1.48. The Bertz CT molecular complexity index is 969. The van der Waals surface area contributed by atoms with Gasteiger partial charge < -0.3 is 4.90 Å². The number of piperidine rings is 1. The maximum Gasteiger partial charge on any atom is 0.331 e. The van der Waals surface area contributed by atoms with E-state index in [9.17, 15) is 17.6 Å². The van der Waals surface area contributed by atoms with Gasteiger partial charge in [-0.1, -0.05) is 48.5 Å². The smallest absolute Gasteiger partial charge is 0.324 e. The van der Waals surface area contributed by atoms with Gasteiger partial charge >= 0.3 is 6.03 Å². The third-order valence-electron chi connectivity index (χ3n) is 5.38. The highest BCUT2D eigenvalue weighted by Crippen LogP contribution is 2.23. The molecule has 2 amide bonds. The summed E-state index contributed by atoms with van der Waals surface area (Å²) in [6, 6.07) is 15.6. The van der Waals surface area contributed by atoms with Crippen LogP contribution in [0.5, 0.6) is 0 Å². The molecule has 1 saturated heterocycles. The Morgan fingerprint density at radius 3 is 2.43 bits per heavy atom. The lowest BCUT2D eigenvalue weighted by Gasteiger charge is -2.31. The molecule has 30 heavy (non-hydrogen) atoms. The van der Waals surface area contributed by atoms with Crippen LogP contribution < -0.4 is 4.72 Å². The quantitative estimate of drug-likeness (QED) is 0.700. The van der Waals surface area contributed by atoms with Gasteiger partial charge in [0.2, 0.25) is 0 Å². The topological polar surface area (TPSA) is 66.5 Å². The van der Waals surface area contributed by atoms with E-state index in [1.54, 1.807) is 6.07 Å². The number of hydrogen-bond acceptors (Lipinski definition) is 3. The number of benzene rings is 2. The number of carbonyl (C=O) groups is 1. The van der Waals surface area contributed by atoms with E-state index in [1.165, 1.54) is 28.7 Å². The molecule has 0 spiro atoms. The van der Waals surface area contributed by atoms with Crippen molar-refractivity contribution in [1.29, 1.82) is 0 Å². The van der Waals surface area contributed by atoms with E-state index >= 15 is 0 Å². The molecule has 7 heteroatoms. The fourth-order valence-electron chi connectivity index (χ4n) is 3.66. The summed E-state index contributed by atoms with van der Waals surface area (Å²) in [5.74, 6) is 0.0277. The summed E-state index contributed by atoms with van der Waals surface area (Å²) >= 11 is 0. The van der Waals surface area contributed by atoms with Crippen molar-refractivity contribution in [3.05, 3.63) is 76.9 Å².